The number of nitrogens with one attached hydrogen (secondary N) is 1. The van der Waals surface area contributed by atoms with Gasteiger partial charge in [0.15, 0.2) is 11.5 Å². The molecule has 6 rings (SSSR count). The Morgan fingerprint density at radius 1 is 0.826 bits per heavy atom. The van der Waals surface area contributed by atoms with Crippen LogP contribution < -0.4 is 25.4 Å². The minimum Gasteiger partial charge on any atom is -0.454 e. The van der Waals surface area contributed by atoms with Crippen LogP contribution in [0.4, 0.5) is 11.4 Å². The van der Waals surface area contributed by atoms with Crippen molar-refractivity contribution in [1.29, 1.82) is 0 Å². The van der Waals surface area contributed by atoms with E-state index in [0.29, 0.717) is 49.5 Å². The number of anilines is 2. The van der Waals surface area contributed by atoms with Gasteiger partial charge in [-0.1, -0.05) is 54.6 Å². The van der Waals surface area contributed by atoms with Crippen molar-refractivity contribution in [2.75, 3.05) is 63.3 Å². The Hall–Kier alpha value is -4.86. The number of carbonyl (C=O) groups is 2. The quantitative estimate of drug-likeness (QED) is 0.244. The molecule has 0 aliphatic carbocycles. The normalized spacial score (nSPS) is 14.3. The van der Waals surface area contributed by atoms with Crippen molar-refractivity contribution in [3.8, 4) is 22.6 Å². The summed E-state index contributed by atoms with van der Waals surface area (Å²) in [6.07, 6.45) is 0.995. The van der Waals surface area contributed by atoms with Crippen LogP contribution in [0.1, 0.15) is 27.9 Å². The summed E-state index contributed by atoms with van der Waals surface area (Å²) in [6.45, 7) is 5.33. The zero-order valence-corrected chi connectivity index (χ0v) is 26.3. The number of rotatable bonds is 11. The van der Waals surface area contributed by atoms with Crippen molar-refractivity contribution < 1.29 is 19.1 Å². The van der Waals surface area contributed by atoms with Gasteiger partial charge in [0.25, 0.3) is 5.91 Å². The lowest BCUT2D eigenvalue weighted by atomic mass is 10.0. The topological polar surface area (TPSA) is 100 Å². The maximum absolute atomic E-state index is 13.6. The molecule has 9 nitrogen and oxygen atoms in total. The number of hydrogen-bond acceptors (Lipinski definition) is 7. The van der Waals surface area contributed by atoms with E-state index in [1.807, 2.05) is 47.4 Å². The van der Waals surface area contributed by atoms with Gasteiger partial charge in [0, 0.05) is 44.8 Å². The van der Waals surface area contributed by atoms with Crippen LogP contribution in [0.5, 0.6) is 11.5 Å². The van der Waals surface area contributed by atoms with Gasteiger partial charge in [-0.05, 0) is 78.7 Å². The molecule has 238 valence electrons. The van der Waals surface area contributed by atoms with Gasteiger partial charge >= 0.3 is 0 Å². The number of carbonyl (C=O) groups excluding carboxylic acids is 2. The Labute approximate surface area is 270 Å². The predicted molar refractivity (Wildman–Crippen MR) is 181 cm³/mol. The van der Waals surface area contributed by atoms with Crippen molar-refractivity contribution in [2.45, 2.75) is 19.4 Å². The molecule has 4 aromatic carbocycles. The summed E-state index contributed by atoms with van der Waals surface area (Å²) in [4.78, 5) is 33.3. The van der Waals surface area contributed by atoms with E-state index in [4.69, 9.17) is 15.2 Å². The lowest BCUT2D eigenvalue weighted by Crippen LogP contribution is -2.44. The van der Waals surface area contributed by atoms with Gasteiger partial charge in [-0.2, -0.15) is 0 Å². The molecule has 2 aliphatic heterocycles. The number of piperazine rings is 1. The lowest BCUT2D eigenvalue weighted by Gasteiger charge is -2.35. The molecule has 2 amide bonds. The fraction of sp³-hybridized carbons (Fsp3) is 0.297. The summed E-state index contributed by atoms with van der Waals surface area (Å²) < 4.78 is 10.9. The molecule has 1 saturated heterocycles. The van der Waals surface area contributed by atoms with E-state index in [9.17, 15) is 9.59 Å². The molecule has 0 unspecified atom stereocenters. The predicted octanol–water partition coefficient (Wildman–Crippen LogP) is 5.01. The fourth-order valence-corrected chi connectivity index (χ4v) is 5.93. The van der Waals surface area contributed by atoms with Gasteiger partial charge in [-0.15, -0.1) is 0 Å². The third kappa shape index (κ3) is 7.50. The zero-order valence-electron chi connectivity index (χ0n) is 26.3. The van der Waals surface area contributed by atoms with Crippen LogP contribution in [0.15, 0.2) is 91.0 Å². The molecule has 4 aromatic rings. The largest absolute Gasteiger partial charge is 0.454 e. The maximum Gasteiger partial charge on any atom is 0.254 e. The lowest BCUT2D eigenvalue weighted by molar-refractivity contribution is -0.115. The van der Waals surface area contributed by atoms with Crippen LogP contribution in [-0.4, -0.2) is 74.7 Å². The van der Waals surface area contributed by atoms with Crippen LogP contribution >= 0.6 is 0 Å². The number of fused-ring (bicyclic) bond motifs is 1. The number of nitrogens with two attached hydrogens (primary N) is 1. The summed E-state index contributed by atoms with van der Waals surface area (Å²) in [5, 5.41) is 3.22. The van der Waals surface area contributed by atoms with Crippen molar-refractivity contribution in [1.82, 2.24) is 9.80 Å². The maximum atomic E-state index is 13.6. The second-order valence-electron chi connectivity index (χ2n) is 11.9. The summed E-state index contributed by atoms with van der Waals surface area (Å²) in [5.41, 5.74) is 12.2. The molecular formula is C37H41N5O4. The van der Waals surface area contributed by atoms with Crippen molar-refractivity contribution in [2.24, 2.45) is 5.73 Å². The van der Waals surface area contributed by atoms with Gasteiger partial charge in [0.1, 0.15) is 0 Å². The highest BCUT2D eigenvalue weighted by atomic mass is 16.7. The molecule has 2 heterocycles. The number of amides is 2. The zero-order chi connectivity index (χ0) is 31.9. The van der Waals surface area contributed by atoms with Crippen LogP contribution in [0.2, 0.25) is 0 Å². The Balaban J connectivity index is 1.25. The molecule has 0 bridgehead atoms. The third-order valence-electron chi connectivity index (χ3n) is 8.49. The fourth-order valence-electron chi connectivity index (χ4n) is 5.93. The molecule has 0 atom stereocenters. The molecule has 0 saturated carbocycles. The average Bonchev–Trinajstić information content (AvgIpc) is 3.55. The van der Waals surface area contributed by atoms with Crippen LogP contribution in [0.3, 0.4) is 0 Å². The Morgan fingerprint density at radius 3 is 2.39 bits per heavy atom. The van der Waals surface area contributed by atoms with E-state index >= 15 is 0 Å². The molecule has 2 aliphatic rings. The van der Waals surface area contributed by atoms with E-state index in [1.54, 1.807) is 18.2 Å². The summed E-state index contributed by atoms with van der Waals surface area (Å²) in [6, 6.07) is 29.6. The first-order chi connectivity index (χ1) is 22.5. The van der Waals surface area contributed by atoms with Gasteiger partial charge in [0.2, 0.25) is 12.7 Å². The number of likely N-dealkylation sites (N-methyl/N-ethyl adjacent to an activating group) is 1. The standard InChI is InChI=1S/C37H41N5O4/c1-40-17-19-41(20-18-40)33-13-11-30(23-32(33)39-36(43)22-27-7-3-2-4-8-27)29-10-5-9-28(21-29)25-42(16-6-15-38)37(44)31-12-14-34-35(24-31)46-26-45-34/h2-5,7-14,21,23-24H,6,15-20,22,25-26,38H2,1H3,(H,39,43). The number of ether oxygens (including phenoxy) is 2. The first-order valence-corrected chi connectivity index (χ1v) is 15.9. The number of benzene rings is 4. The number of nitrogens with zero attached hydrogens (tertiary/aromatic N) is 3. The first-order valence-electron chi connectivity index (χ1n) is 15.9. The van der Waals surface area contributed by atoms with Crippen LogP contribution in [0, 0.1) is 0 Å². The highest BCUT2D eigenvalue weighted by molar-refractivity contribution is 5.97. The SMILES string of the molecule is CN1CCN(c2ccc(-c3cccc(CN(CCCN)C(=O)c4ccc5c(c4)OCO5)c3)cc2NC(=O)Cc2ccccc2)CC1. The molecular weight excluding hydrogens is 578 g/mol. The molecule has 0 aromatic heterocycles. The average molecular weight is 620 g/mol. The molecule has 0 radical (unpaired) electrons. The summed E-state index contributed by atoms with van der Waals surface area (Å²) >= 11 is 0. The molecule has 9 heteroatoms. The highest BCUT2D eigenvalue weighted by Crippen LogP contribution is 2.34. The molecule has 3 N–H and O–H groups in total. The van der Waals surface area contributed by atoms with Gasteiger partial charge in [0.05, 0.1) is 17.8 Å². The Kier molecular flexibility index (Phi) is 9.81. The number of hydrogen-bond donors (Lipinski definition) is 2. The van der Waals surface area contributed by atoms with Gasteiger partial charge < -0.3 is 35.2 Å². The minimum absolute atomic E-state index is 0.0509. The molecule has 1 fully saturated rings. The Bertz CT molecular complexity index is 1670. The minimum atomic E-state index is -0.0860. The second-order valence-corrected chi connectivity index (χ2v) is 11.9. The van der Waals surface area contributed by atoms with Crippen molar-refractivity contribution in [3.05, 3.63) is 108 Å². The van der Waals surface area contributed by atoms with Gasteiger partial charge in [-0.3, -0.25) is 9.59 Å². The van der Waals surface area contributed by atoms with Crippen molar-refractivity contribution in [3.63, 3.8) is 0 Å². The summed E-state index contributed by atoms with van der Waals surface area (Å²) in [7, 11) is 2.13. The van der Waals surface area contributed by atoms with Crippen LogP contribution in [0.25, 0.3) is 11.1 Å². The highest BCUT2D eigenvalue weighted by Gasteiger charge is 2.22. The third-order valence-corrected chi connectivity index (χ3v) is 8.49. The monoisotopic (exact) mass is 619 g/mol. The van der Waals surface area contributed by atoms with Gasteiger partial charge in [-0.25, -0.2) is 0 Å². The molecule has 0 spiro atoms. The van der Waals surface area contributed by atoms with E-state index in [-0.39, 0.29) is 18.6 Å². The first kappa shape index (κ1) is 31.1. The Morgan fingerprint density at radius 2 is 1.59 bits per heavy atom. The smallest absolute Gasteiger partial charge is 0.254 e. The van der Waals surface area contributed by atoms with E-state index < -0.39 is 0 Å². The molecule has 46 heavy (non-hydrogen) atoms. The van der Waals surface area contributed by atoms with E-state index in [2.05, 4.69) is 52.5 Å². The van der Waals surface area contributed by atoms with Crippen molar-refractivity contribution >= 4 is 23.2 Å². The van der Waals surface area contributed by atoms with E-state index in [0.717, 1.165) is 59.8 Å². The van der Waals surface area contributed by atoms with Crippen LogP contribution in [-0.2, 0) is 17.8 Å². The second kappa shape index (κ2) is 14.5. The van der Waals surface area contributed by atoms with E-state index in [1.165, 1.54) is 0 Å². The summed E-state index contributed by atoms with van der Waals surface area (Å²) in [5.74, 6) is 1.09.